The highest BCUT2D eigenvalue weighted by Gasteiger charge is 2.27. The molecule has 5 nitrogen and oxygen atoms in total. The number of hydrogen-bond donors (Lipinski definition) is 1. The predicted octanol–water partition coefficient (Wildman–Crippen LogP) is 4.96. The Bertz CT molecular complexity index is 1170. The molecular formula is C22H20ClN3O2S2. The molecule has 2 heterocycles. The lowest BCUT2D eigenvalue weighted by atomic mass is 10.2. The number of nitrogens with zero attached hydrogens (tertiary/aromatic N) is 2. The Kier molecular flexibility index (Phi) is 6.22. The maximum absolute atomic E-state index is 13.2. The summed E-state index contributed by atoms with van der Waals surface area (Å²) < 4.78 is 1.60. The number of amides is 1. The third kappa shape index (κ3) is 4.43. The number of carbonyl (C=O) groups is 1. The van der Waals surface area contributed by atoms with Crippen LogP contribution in [0.15, 0.2) is 63.4 Å². The first-order chi connectivity index (χ1) is 14.4. The summed E-state index contributed by atoms with van der Waals surface area (Å²) in [6.07, 6.45) is 0.756. The van der Waals surface area contributed by atoms with E-state index in [-0.39, 0.29) is 17.2 Å². The second-order valence-corrected chi connectivity index (χ2v) is 9.88. The van der Waals surface area contributed by atoms with Crippen molar-refractivity contribution in [2.24, 2.45) is 0 Å². The van der Waals surface area contributed by atoms with E-state index in [1.807, 2.05) is 49.4 Å². The molecule has 0 saturated heterocycles. The highest BCUT2D eigenvalue weighted by atomic mass is 35.5. The molecule has 1 aliphatic rings. The third-order valence-electron chi connectivity index (χ3n) is 4.68. The maximum atomic E-state index is 13.2. The van der Waals surface area contributed by atoms with E-state index in [1.54, 1.807) is 22.4 Å². The fourth-order valence-corrected chi connectivity index (χ4v) is 5.31. The second kappa shape index (κ2) is 8.88. The van der Waals surface area contributed by atoms with Gasteiger partial charge >= 0.3 is 0 Å². The minimum absolute atomic E-state index is 0.0752. The van der Waals surface area contributed by atoms with Gasteiger partial charge in [-0.2, -0.15) is 0 Å². The molecule has 1 N–H and O–H groups in total. The van der Waals surface area contributed by atoms with Crippen LogP contribution in [0, 0.1) is 6.92 Å². The first kappa shape index (κ1) is 21.0. The van der Waals surface area contributed by atoms with Gasteiger partial charge in [-0.25, -0.2) is 4.98 Å². The van der Waals surface area contributed by atoms with E-state index in [0.29, 0.717) is 26.0 Å². The van der Waals surface area contributed by atoms with Gasteiger partial charge in [0.15, 0.2) is 5.16 Å². The molecule has 2 aromatic carbocycles. The molecular weight excluding hydrogens is 438 g/mol. The van der Waals surface area contributed by atoms with E-state index in [0.717, 1.165) is 23.4 Å². The zero-order valence-corrected chi connectivity index (χ0v) is 18.9. The largest absolute Gasteiger partial charge is 0.325 e. The van der Waals surface area contributed by atoms with Gasteiger partial charge in [0.25, 0.3) is 5.56 Å². The molecule has 1 atom stereocenters. The fourth-order valence-electron chi connectivity index (χ4n) is 3.20. The minimum atomic E-state index is -0.183. The van der Waals surface area contributed by atoms with Gasteiger partial charge in [-0.15, -0.1) is 11.8 Å². The molecule has 3 aromatic rings. The van der Waals surface area contributed by atoms with E-state index < -0.39 is 0 Å². The van der Waals surface area contributed by atoms with Crippen molar-refractivity contribution in [3.05, 3.63) is 75.2 Å². The summed E-state index contributed by atoms with van der Waals surface area (Å²) in [6, 6.07) is 14.8. The molecule has 1 aliphatic heterocycles. The Morgan fingerprint density at radius 3 is 2.80 bits per heavy atom. The summed E-state index contributed by atoms with van der Waals surface area (Å²) in [7, 11) is 0. The Morgan fingerprint density at radius 2 is 2.07 bits per heavy atom. The molecule has 0 bridgehead atoms. The van der Waals surface area contributed by atoms with Crippen LogP contribution in [0.3, 0.4) is 0 Å². The molecule has 1 aromatic heterocycles. The Morgan fingerprint density at radius 1 is 1.30 bits per heavy atom. The van der Waals surface area contributed by atoms with Crippen LogP contribution in [0.4, 0.5) is 5.69 Å². The average molecular weight is 458 g/mol. The van der Waals surface area contributed by atoms with Crippen molar-refractivity contribution < 1.29 is 4.79 Å². The summed E-state index contributed by atoms with van der Waals surface area (Å²) in [5.41, 5.74) is 3.08. The molecule has 0 radical (unpaired) electrons. The summed E-state index contributed by atoms with van der Waals surface area (Å²) >= 11 is 8.96. The van der Waals surface area contributed by atoms with Crippen molar-refractivity contribution in [1.82, 2.24) is 9.55 Å². The molecule has 0 spiro atoms. The number of thioether (sulfide) groups is 2. The number of benzene rings is 2. The first-order valence-electron chi connectivity index (χ1n) is 9.49. The maximum Gasteiger partial charge on any atom is 0.272 e. The number of fused-ring (bicyclic) bond motifs is 1. The quantitative estimate of drug-likeness (QED) is 0.433. The monoisotopic (exact) mass is 457 g/mol. The predicted molar refractivity (Wildman–Crippen MR) is 124 cm³/mol. The molecule has 1 unspecified atom stereocenters. The van der Waals surface area contributed by atoms with E-state index in [1.165, 1.54) is 11.8 Å². The van der Waals surface area contributed by atoms with Gasteiger partial charge in [-0.1, -0.05) is 54.6 Å². The van der Waals surface area contributed by atoms with Crippen LogP contribution >= 0.6 is 35.1 Å². The van der Waals surface area contributed by atoms with E-state index >= 15 is 0 Å². The SMILES string of the molecule is Cc1ccc(NC(=O)CSc2nc3c(c(=O)n2-c2ccccc2)SC(C)C3)cc1Cl. The lowest BCUT2D eigenvalue weighted by molar-refractivity contribution is -0.113. The van der Waals surface area contributed by atoms with Crippen LogP contribution in [-0.2, 0) is 11.2 Å². The Labute approximate surface area is 188 Å². The van der Waals surface area contributed by atoms with Crippen molar-refractivity contribution in [2.75, 3.05) is 11.1 Å². The van der Waals surface area contributed by atoms with Gasteiger partial charge in [0.05, 0.1) is 22.0 Å². The van der Waals surface area contributed by atoms with Crippen molar-refractivity contribution in [3.8, 4) is 5.69 Å². The Balaban J connectivity index is 1.60. The number of carbonyl (C=O) groups excluding carboxylic acids is 1. The third-order valence-corrected chi connectivity index (χ3v) is 7.24. The normalized spacial score (nSPS) is 15.1. The number of nitrogens with one attached hydrogen (secondary N) is 1. The smallest absolute Gasteiger partial charge is 0.272 e. The number of rotatable bonds is 5. The van der Waals surface area contributed by atoms with E-state index in [4.69, 9.17) is 16.6 Å². The van der Waals surface area contributed by atoms with E-state index in [9.17, 15) is 9.59 Å². The van der Waals surface area contributed by atoms with Crippen molar-refractivity contribution >= 4 is 46.7 Å². The van der Waals surface area contributed by atoms with Gasteiger partial charge in [-0.3, -0.25) is 14.2 Å². The molecule has 154 valence electrons. The summed E-state index contributed by atoms with van der Waals surface area (Å²) in [5.74, 6) is -0.0521. The topological polar surface area (TPSA) is 64.0 Å². The summed E-state index contributed by atoms with van der Waals surface area (Å²) in [6.45, 7) is 4.00. The van der Waals surface area contributed by atoms with Crippen molar-refractivity contribution in [3.63, 3.8) is 0 Å². The summed E-state index contributed by atoms with van der Waals surface area (Å²) in [4.78, 5) is 31.2. The van der Waals surface area contributed by atoms with Crippen LogP contribution in [0.5, 0.6) is 0 Å². The van der Waals surface area contributed by atoms with Gasteiger partial charge in [0.2, 0.25) is 5.91 Å². The van der Waals surface area contributed by atoms with Gasteiger partial charge in [-0.05, 0) is 36.8 Å². The second-order valence-electron chi connectivity index (χ2n) is 7.08. The molecule has 0 aliphatic carbocycles. The highest BCUT2D eigenvalue weighted by molar-refractivity contribution is 8.00. The molecule has 1 amide bonds. The number of halogens is 1. The average Bonchev–Trinajstić information content (AvgIpc) is 3.10. The molecule has 0 saturated carbocycles. The zero-order valence-electron chi connectivity index (χ0n) is 16.5. The fraction of sp³-hybridized carbons (Fsp3) is 0.227. The number of para-hydroxylation sites is 1. The minimum Gasteiger partial charge on any atom is -0.325 e. The number of aryl methyl sites for hydroxylation is 1. The van der Waals surface area contributed by atoms with Crippen molar-refractivity contribution in [1.29, 1.82) is 0 Å². The van der Waals surface area contributed by atoms with Gasteiger partial charge in [0.1, 0.15) is 0 Å². The van der Waals surface area contributed by atoms with Crippen molar-refractivity contribution in [2.45, 2.75) is 35.6 Å². The van der Waals surface area contributed by atoms with Crippen LogP contribution in [0.1, 0.15) is 18.2 Å². The van der Waals surface area contributed by atoms with Crippen LogP contribution in [0.25, 0.3) is 5.69 Å². The van der Waals surface area contributed by atoms with Crippen LogP contribution < -0.4 is 10.9 Å². The zero-order chi connectivity index (χ0) is 21.3. The first-order valence-corrected chi connectivity index (χ1v) is 11.7. The van der Waals surface area contributed by atoms with Gasteiger partial charge in [0, 0.05) is 22.4 Å². The van der Waals surface area contributed by atoms with E-state index in [2.05, 4.69) is 12.2 Å². The molecule has 0 fully saturated rings. The lowest BCUT2D eigenvalue weighted by Crippen LogP contribution is -2.24. The molecule has 4 rings (SSSR count). The van der Waals surface area contributed by atoms with Crippen LogP contribution in [0.2, 0.25) is 5.02 Å². The standard InChI is InChI=1S/C22H20ClN3O2S2/c1-13-8-9-15(11-17(13)23)24-19(27)12-29-22-25-18-10-14(2)30-20(18)21(28)26(22)16-6-4-3-5-7-16/h3-9,11,14H,10,12H2,1-2H3,(H,24,27). The molecule has 30 heavy (non-hydrogen) atoms. The lowest BCUT2D eigenvalue weighted by Gasteiger charge is -2.13. The number of aromatic nitrogens is 2. The highest BCUT2D eigenvalue weighted by Crippen LogP contribution is 2.34. The summed E-state index contributed by atoms with van der Waals surface area (Å²) in [5, 5.41) is 4.30. The van der Waals surface area contributed by atoms with Crippen LogP contribution in [-0.4, -0.2) is 26.5 Å². The Hall–Kier alpha value is -2.22. The molecule has 8 heteroatoms. The van der Waals surface area contributed by atoms with Gasteiger partial charge < -0.3 is 5.32 Å². The number of hydrogen-bond acceptors (Lipinski definition) is 5. The number of anilines is 1.